The molecule has 2 aromatic heterocycles. The number of ether oxygens (including phenoxy) is 2. The quantitative estimate of drug-likeness (QED) is 0.599. The summed E-state index contributed by atoms with van der Waals surface area (Å²) in [7, 11) is 1.63. The molecule has 36 heavy (non-hydrogen) atoms. The molecule has 9 heteroatoms. The highest BCUT2D eigenvalue weighted by Crippen LogP contribution is 2.36. The molecule has 3 saturated heterocycles. The number of benzene rings is 1. The second kappa shape index (κ2) is 9.29. The number of anilines is 2. The number of nitrogens with zero attached hydrogens (tertiary/aromatic N) is 5. The number of rotatable bonds is 4. The zero-order valence-electron chi connectivity index (χ0n) is 21.0. The molecule has 3 aliphatic heterocycles. The summed E-state index contributed by atoms with van der Waals surface area (Å²) < 4.78 is 11.8. The average Bonchev–Trinajstić information content (AvgIpc) is 3.14. The predicted molar refractivity (Wildman–Crippen MR) is 138 cm³/mol. The normalized spacial score (nSPS) is 25.9. The van der Waals surface area contributed by atoms with Crippen LogP contribution in [0, 0.1) is 0 Å². The van der Waals surface area contributed by atoms with Crippen LogP contribution < -0.4 is 15.1 Å². The van der Waals surface area contributed by atoms with Crippen LogP contribution in [0.2, 0.25) is 0 Å². The molecular weight excluding hydrogens is 456 g/mol. The number of hydrogen-bond donors (Lipinski definition) is 1. The minimum Gasteiger partial charge on any atom is -0.377 e. The Morgan fingerprint density at radius 3 is 2.47 bits per heavy atom. The van der Waals surface area contributed by atoms with E-state index in [2.05, 4.69) is 35.0 Å². The van der Waals surface area contributed by atoms with Gasteiger partial charge in [-0.2, -0.15) is 9.97 Å². The first-order chi connectivity index (χ1) is 17.5. The molecule has 9 nitrogen and oxygen atoms in total. The predicted octanol–water partition coefficient (Wildman–Crippen LogP) is 3.03. The molecule has 5 heterocycles. The van der Waals surface area contributed by atoms with Gasteiger partial charge in [-0.3, -0.25) is 4.79 Å². The van der Waals surface area contributed by atoms with Gasteiger partial charge in [0, 0.05) is 31.3 Å². The van der Waals surface area contributed by atoms with Gasteiger partial charge < -0.3 is 24.6 Å². The lowest BCUT2D eigenvalue weighted by atomic mass is 10.1. The Bertz CT molecular complexity index is 1270. The minimum atomic E-state index is -0.122. The molecule has 0 radical (unpaired) electrons. The van der Waals surface area contributed by atoms with Crippen LogP contribution in [0.15, 0.2) is 36.4 Å². The molecule has 3 aliphatic rings. The number of carbonyl (C=O) groups excluding carboxylic acids is 1. The first-order valence-corrected chi connectivity index (χ1v) is 12.8. The van der Waals surface area contributed by atoms with Crippen molar-refractivity contribution in [3.63, 3.8) is 0 Å². The summed E-state index contributed by atoms with van der Waals surface area (Å²) in [4.78, 5) is 32.0. The zero-order valence-corrected chi connectivity index (χ0v) is 21.0. The van der Waals surface area contributed by atoms with Gasteiger partial charge in [-0.1, -0.05) is 12.1 Å². The average molecular weight is 489 g/mol. The number of aromatic nitrogens is 3. The van der Waals surface area contributed by atoms with Gasteiger partial charge in [0.1, 0.15) is 5.82 Å². The lowest BCUT2D eigenvalue weighted by molar-refractivity contribution is -0.00537. The van der Waals surface area contributed by atoms with Gasteiger partial charge >= 0.3 is 0 Å². The summed E-state index contributed by atoms with van der Waals surface area (Å²) in [5, 5.41) is 3.61. The molecule has 1 N–H and O–H groups in total. The second-order valence-electron chi connectivity index (χ2n) is 10.1. The summed E-state index contributed by atoms with van der Waals surface area (Å²) in [6, 6.07) is 12.2. The lowest BCUT2D eigenvalue weighted by Crippen LogP contribution is -2.48. The van der Waals surface area contributed by atoms with Crippen LogP contribution >= 0.6 is 0 Å². The highest BCUT2D eigenvalue weighted by molar-refractivity contribution is 5.95. The molecule has 0 aliphatic carbocycles. The maximum absolute atomic E-state index is 12.2. The van der Waals surface area contributed by atoms with Crippen LogP contribution in [0.25, 0.3) is 22.3 Å². The van der Waals surface area contributed by atoms with Crippen molar-refractivity contribution in [2.75, 3.05) is 43.2 Å². The third-order valence-electron chi connectivity index (χ3n) is 7.37. The fraction of sp³-hybridized carbons (Fsp3) is 0.481. The summed E-state index contributed by atoms with van der Waals surface area (Å²) >= 11 is 0. The van der Waals surface area contributed by atoms with Crippen molar-refractivity contribution >= 4 is 28.7 Å². The van der Waals surface area contributed by atoms with E-state index in [1.165, 1.54) is 0 Å². The van der Waals surface area contributed by atoms with Crippen molar-refractivity contribution in [2.45, 2.75) is 51.0 Å². The van der Waals surface area contributed by atoms with Gasteiger partial charge in [0.05, 0.1) is 48.6 Å². The molecule has 3 fully saturated rings. The maximum atomic E-state index is 12.2. The Kier molecular flexibility index (Phi) is 5.97. The van der Waals surface area contributed by atoms with Crippen molar-refractivity contribution < 1.29 is 14.3 Å². The number of amides is 1. The standard InChI is InChI=1S/C27H32N6O3/c1-16-12-32(13-17(2)36-16)25-22-9-10-23(18-5-4-6-19(11-18)26(34)28-3)29-24(22)30-27(31-25)33-20-7-8-21(33)15-35-14-20/h4-6,9-11,16-17,20-21H,7-8,12-15H2,1-3H3,(H,28,34). The third-order valence-corrected chi connectivity index (χ3v) is 7.37. The van der Waals surface area contributed by atoms with Gasteiger partial charge in [-0.15, -0.1) is 0 Å². The van der Waals surface area contributed by atoms with E-state index in [1.54, 1.807) is 13.1 Å². The molecule has 4 unspecified atom stereocenters. The van der Waals surface area contributed by atoms with E-state index in [0.29, 0.717) is 36.5 Å². The van der Waals surface area contributed by atoms with Crippen molar-refractivity contribution in [3.05, 3.63) is 42.0 Å². The highest BCUT2D eigenvalue weighted by atomic mass is 16.5. The third kappa shape index (κ3) is 4.16. The minimum absolute atomic E-state index is 0.112. The summed E-state index contributed by atoms with van der Waals surface area (Å²) in [5.74, 6) is 1.51. The van der Waals surface area contributed by atoms with Crippen LogP contribution in [-0.4, -0.2) is 78.5 Å². The summed E-state index contributed by atoms with van der Waals surface area (Å²) in [6.45, 7) is 7.15. The molecule has 4 atom stereocenters. The van der Waals surface area contributed by atoms with Crippen molar-refractivity contribution in [1.29, 1.82) is 0 Å². The van der Waals surface area contributed by atoms with E-state index in [0.717, 1.165) is 54.3 Å². The van der Waals surface area contributed by atoms with Crippen LogP contribution in [0.1, 0.15) is 37.0 Å². The number of hydrogen-bond acceptors (Lipinski definition) is 8. The number of morpholine rings is 2. The Balaban J connectivity index is 1.47. The molecule has 0 saturated carbocycles. The Morgan fingerprint density at radius 2 is 1.75 bits per heavy atom. The van der Waals surface area contributed by atoms with E-state index in [-0.39, 0.29) is 18.1 Å². The van der Waals surface area contributed by atoms with Gasteiger partial charge in [-0.25, -0.2) is 4.98 Å². The lowest BCUT2D eigenvalue weighted by Gasteiger charge is -2.38. The van der Waals surface area contributed by atoms with Crippen molar-refractivity contribution in [3.8, 4) is 11.3 Å². The van der Waals surface area contributed by atoms with E-state index >= 15 is 0 Å². The zero-order chi connectivity index (χ0) is 24.8. The van der Waals surface area contributed by atoms with Crippen molar-refractivity contribution in [1.82, 2.24) is 20.3 Å². The van der Waals surface area contributed by atoms with E-state index in [1.807, 2.05) is 24.3 Å². The maximum Gasteiger partial charge on any atom is 0.251 e. The van der Waals surface area contributed by atoms with Crippen LogP contribution in [0.5, 0.6) is 0 Å². The van der Waals surface area contributed by atoms with E-state index in [4.69, 9.17) is 24.4 Å². The van der Waals surface area contributed by atoms with Gasteiger partial charge in [0.25, 0.3) is 5.91 Å². The number of nitrogens with one attached hydrogen (secondary N) is 1. The molecular formula is C27H32N6O3. The van der Waals surface area contributed by atoms with Crippen LogP contribution in [-0.2, 0) is 9.47 Å². The molecule has 6 rings (SSSR count). The van der Waals surface area contributed by atoms with Gasteiger partial charge in [-0.05, 0) is 51.0 Å². The SMILES string of the molecule is CNC(=O)c1cccc(-c2ccc3c(N4CC(C)OC(C)C4)nc(N4C5CCC4COC5)nc3n2)c1. The monoisotopic (exact) mass is 488 g/mol. The van der Waals surface area contributed by atoms with Crippen LogP contribution in [0.3, 0.4) is 0 Å². The molecule has 1 amide bonds. The Hall–Kier alpha value is -3.30. The first-order valence-electron chi connectivity index (χ1n) is 12.8. The topological polar surface area (TPSA) is 92.7 Å². The highest BCUT2D eigenvalue weighted by Gasteiger charge is 2.39. The molecule has 3 aromatic rings. The van der Waals surface area contributed by atoms with Gasteiger partial charge in [0.2, 0.25) is 5.95 Å². The largest absolute Gasteiger partial charge is 0.377 e. The Labute approximate surface area is 210 Å². The number of pyridine rings is 1. The smallest absolute Gasteiger partial charge is 0.251 e. The van der Waals surface area contributed by atoms with Gasteiger partial charge in [0.15, 0.2) is 5.65 Å². The Morgan fingerprint density at radius 1 is 1.00 bits per heavy atom. The molecule has 2 bridgehead atoms. The second-order valence-corrected chi connectivity index (χ2v) is 10.1. The van der Waals surface area contributed by atoms with E-state index < -0.39 is 0 Å². The fourth-order valence-electron chi connectivity index (χ4n) is 5.77. The molecule has 0 spiro atoms. The van der Waals surface area contributed by atoms with Crippen molar-refractivity contribution in [2.24, 2.45) is 0 Å². The van der Waals surface area contributed by atoms with E-state index in [9.17, 15) is 4.79 Å². The summed E-state index contributed by atoms with van der Waals surface area (Å²) in [5.41, 5.74) is 2.91. The number of fused-ring (bicyclic) bond motifs is 3. The molecule has 188 valence electrons. The molecule has 1 aromatic carbocycles. The fourth-order valence-corrected chi connectivity index (χ4v) is 5.77. The summed E-state index contributed by atoms with van der Waals surface area (Å²) in [6.07, 6.45) is 2.41. The number of carbonyl (C=O) groups is 1. The van der Waals surface area contributed by atoms with Crippen LogP contribution in [0.4, 0.5) is 11.8 Å². The first kappa shape index (κ1) is 23.1.